The zero-order valence-corrected chi connectivity index (χ0v) is 12.7. The molecule has 110 valence electrons. The topological polar surface area (TPSA) is 78.4 Å². The van der Waals surface area contributed by atoms with Crippen molar-refractivity contribution in [2.45, 2.75) is 26.3 Å². The first-order valence-corrected chi connectivity index (χ1v) is 7.69. The molecule has 20 heavy (non-hydrogen) atoms. The Morgan fingerprint density at radius 1 is 1.25 bits per heavy atom. The molecule has 6 heteroatoms. The second kappa shape index (κ2) is 7.79. The van der Waals surface area contributed by atoms with Crippen LogP contribution in [0.3, 0.4) is 0 Å². The molecule has 0 aromatic heterocycles. The van der Waals surface area contributed by atoms with Crippen LogP contribution in [0.4, 0.5) is 10.5 Å². The Morgan fingerprint density at radius 3 is 2.35 bits per heavy atom. The maximum absolute atomic E-state index is 11.8. The molecule has 1 rings (SSSR count). The Kier molecular flexibility index (Phi) is 6.38. The standard InChI is InChI=1S/C14H20N2O3S/c1-9-6-10(2)8-11(7-9)15-14(19)16-12(13(17)18)4-5-20-3/h6-8,12H,4-5H2,1-3H3,(H,17,18)(H2,15,16,19)/t12-/m0/s1. The van der Waals surface area contributed by atoms with Crippen LogP contribution < -0.4 is 10.6 Å². The first kappa shape index (κ1) is 16.4. The van der Waals surface area contributed by atoms with Crippen LogP contribution in [0.1, 0.15) is 17.5 Å². The molecule has 5 nitrogen and oxygen atoms in total. The van der Waals surface area contributed by atoms with E-state index in [4.69, 9.17) is 5.11 Å². The van der Waals surface area contributed by atoms with Gasteiger partial charge in [-0.25, -0.2) is 9.59 Å². The number of thioether (sulfide) groups is 1. The molecule has 0 bridgehead atoms. The van der Waals surface area contributed by atoms with Crippen LogP contribution in [0.5, 0.6) is 0 Å². The number of anilines is 1. The van der Waals surface area contributed by atoms with Crippen molar-refractivity contribution in [1.82, 2.24) is 5.32 Å². The number of carboxylic acid groups (broad SMARTS) is 1. The normalized spacial score (nSPS) is 11.8. The number of amides is 2. The molecule has 1 atom stereocenters. The number of aliphatic carboxylic acids is 1. The van der Waals surface area contributed by atoms with Gasteiger partial charge in [0, 0.05) is 5.69 Å². The fraction of sp³-hybridized carbons (Fsp3) is 0.429. The average Bonchev–Trinajstić information content (AvgIpc) is 2.32. The predicted octanol–water partition coefficient (Wildman–Crippen LogP) is 2.63. The molecular formula is C14H20N2O3S. The largest absolute Gasteiger partial charge is 0.480 e. The molecule has 0 aliphatic carbocycles. The van der Waals surface area contributed by atoms with Gasteiger partial charge in [0.05, 0.1) is 0 Å². The van der Waals surface area contributed by atoms with Gasteiger partial charge >= 0.3 is 12.0 Å². The summed E-state index contributed by atoms with van der Waals surface area (Å²) < 4.78 is 0. The third-order valence-electron chi connectivity index (χ3n) is 2.69. The monoisotopic (exact) mass is 296 g/mol. The van der Waals surface area contributed by atoms with Gasteiger partial charge in [0.15, 0.2) is 0 Å². The van der Waals surface area contributed by atoms with E-state index in [0.717, 1.165) is 11.1 Å². The van der Waals surface area contributed by atoms with Crippen molar-refractivity contribution in [3.05, 3.63) is 29.3 Å². The minimum Gasteiger partial charge on any atom is -0.480 e. The third kappa shape index (κ3) is 5.52. The zero-order chi connectivity index (χ0) is 15.1. The Bertz CT molecular complexity index is 471. The van der Waals surface area contributed by atoms with Crippen LogP contribution in [0.2, 0.25) is 0 Å². The molecule has 2 amide bonds. The Morgan fingerprint density at radius 2 is 1.85 bits per heavy atom. The minimum absolute atomic E-state index is 0.400. The number of aryl methyl sites for hydroxylation is 2. The molecule has 0 spiro atoms. The van der Waals surface area contributed by atoms with Crippen molar-refractivity contribution >= 4 is 29.4 Å². The van der Waals surface area contributed by atoms with Gasteiger partial charge in [-0.3, -0.25) is 0 Å². The summed E-state index contributed by atoms with van der Waals surface area (Å²) in [7, 11) is 0. The summed E-state index contributed by atoms with van der Waals surface area (Å²) in [6, 6.07) is 4.31. The molecule has 0 saturated heterocycles. The average molecular weight is 296 g/mol. The second-order valence-corrected chi connectivity index (χ2v) is 5.63. The van der Waals surface area contributed by atoms with Crippen molar-refractivity contribution in [2.24, 2.45) is 0 Å². The molecular weight excluding hydrogens is 276 g/mol. The van der Waals surface area contributed by atoms with Crippen LogP contribution in [0.25, 0.3) is 0 Å². The van der Waals surface area contributed by atoms with E-state index in [0.29, 0.717) is 17.9 Å². The number of rotatable bonds is 6. The summed E-state index contributed by atoms with van der Waals surface area (Å²) in [5, 5.41) is 14.2. The highest BCUT2D eigenvalue weighted by atomic mass is 32.2. The fourth-order valence-corrected chi connectivity index (χ4v) is 2.34. The maximum Gasteiger partial charge on any atom is 0.326 e. The Labute approximate surface area is 123 Å². The number of urea groups is 1. The molecule has 1 aromatic rings. The molecule has 0 unspecified atom stereocenters. The van der Waals surface area contributed by atoms with Gasteiger partial charge in [0.25, 0.3) is 0 Å². The number of benzene rings is 1. The van der Waals surface area contributed by atoms with E-state index in [-0.39, 0.29) is 0 Å². The summed E-state index contributed by atoms with van der Waals surface area (Å²) >= 11 is 1.55. The Balaban J connectivity index is 2.63. The molecule has 0 saturated carbocycles. The highest BCUT2D eigenvalue weighted by Gasteiger charge is 2.19. The first-order chi connectivity index (χ1) is 9.42. The maximum atomic E-state index is 11.8. The first-order valence-electron chi connectivity index (χ1n) is 6.30. The number of hydrogen-bond donors (Lipinski definition) is 3. The lowest BCUT2D eigenvalue weighted by Gasteiger charge is -2.15. The van der Waals surface area contributed by atoms with Gasteiger partial charge in [-0.1, -0.05) is 6.07 Å². The van der Waals surface area contributed by atoms with Crippen LogP contribution in [0.15, 0.2) is 18.2 Å². The number of nitrogens with one attached hydrogen (secondary N) is 2. The molecule has 3 N–H and O–H groups in total. The van der Waals surface area contributed by atoms with Crippen LogP contribution >= 0.6 is 11.8 Å². The fourth-order valence-electron chi connectivity index (χ4n) is 1.87. The highest BCUT2D eigenvalue weighted by molar-refractivity contribution is 7.98. The van der Waals surface area contributed by atoms with E-state index in [1.165, 1.54) is 0 Å². The second-order valence-electron chi connectivity index (χ2n) is 4.65. The van der Waals surface area contributed by atoms with Crippen molar-refractivity contribution in [3.8, 4) is 0 Å². The van der Waals surface area contributed by atoms with E-state index >= 15 is 0 Å². The SMILES string of the molecule is CSCC[C@H](NC(=O)Nc1cc(C)cc(C)c1)C(=O)O. The van der Waals surface area contributed by atoms with Crippen molar-refractivity contribution in [3.63, 3.8) is 0 Å². The lowest BCUT2D eigenvalue weighted by Crippen LogP contribution is -2.43. The van der Waals surface area contributed by atoms with Crippen LogP contribution in [0, 0.1) is 13.8 Å². The molecule has 1 aromatic carbocycles. The predicted molar refractivity (Wildman–Crippen MR) is 82.5 cm³/mol. The van der Waals surface area contributed by atoms with E-state index in [9.17, 15) is 9.59 Å². The van der Waals surface area contributed by atoms with Gasteiger partial charge in [0.2, 0.25) is 0 Å². The van der Waals surface area contributed by atoms with Crippen molar-refractivity contribution in [1.29, 1.82) is 0 Å². The number of carboxylic acids is 1. The van der Waals surface area contributed by atoms with Crippen molar-refractivity contribution in [2.75, 3.05) is 17.3 Å². The third-order valence-corrected chi connectivity index (χ3v) is 3.34. The van der Waals surface area contributed by atoms with E-state index in [1.54, 1.807) is 11.8 Å². The smallest absolute Gasteiger partial charge is 0.326 e. The lowest BCUT2D eigenvalue weighted by atomic mass is 10.1. The molecule has 0 radical (unpaired) electrons. The van der Waals surface area contributed by atoms with Gasteiger partial charge in [-0.05, 0) is 55.5 Å². The molecule has 0 heterocycles. The summed E-state index contributed by atoms with van der Waals surface area (Å²) in [5.74, 6) is -0.338. The summed E-state index contributed by atoms with van der Waals surface area (Å²) in [4.78, 5) is 22.9. The minimum atomic E-state index is -1.02. The quantitative estimate of drug-likeness (QED) is 0.754. The Hall–Kier alpha value is -1.69. The van der Waals surface area contributed by atoms with Gasteiger partial charge < -0.3 is 15.7 Å². The van der Waals surface area contributed by atoms with E-state index in [1.807, 2.05) is 38.3 Å². The van der Waals surface area contributed by atoms with Crippen LogP contribution in [-0.4, -0.2) is 35.2 Å². The zero-order valence-electron chi connectivity index (χ0n) is 11.9. The van der Waals surface area contributed by atoms with Gasteiger partial charge in [0.1, 0.15) is 6.04 Å². The van der Waals surface area contributed by atoms with Gasteiger partial charge in [-0.15, -0.1) is 0 Å². The van der Waals surface area contributed by atoms with E-state index < -0.39 is 18.0 Å². The van der Waals surface area contributed by atoms with E-state index in [2.05, 4.69) is 10.6 Å². The number of carbonyl (C=O) groups is 2. The number of carbonyl (C=O) groups excluding carboxylic acids is 1. The highest BCUT2D eigenvalue weighted by Crippen LogP contribution is 2.13. The summed E-state index contributed by atoms with van der Waals surface area (Å²) in [6.07, 6.45) is 2.30. The molecule has 0 fully saturated rings. The lowest BCUT2D eigenvalue weighted by molar-refractivity contribution is -0.139. The molecule has 0 aliphatic rings. The summed E-state index contributed by atoms with van der Waals surface area (Å²) in [6.45, 7) is 3.88. The summed E-state index contributed by atoms with van der Waals surface area (Å²) in [5.41, 5.74) is 2.74. The van der Waals surface area contributed by atoms with Crippen LogP contribution in [-0.2, 0) is 4.79 Å². The number of hydrogen-bond acceptors (Lipinski definition) is 3. The molecule has 0 aliphatic heterocycles. The van der Waals surface area contributed by atoms with Gasteiger partial charge in [-0.2, -0.15) is 11.8 Å². The van der Waals surface area contributed by atoms with Crippen molar-refractivity contribution < 1.29 is 14.7 Å².